The van der Waals surface area contributed by atoms with Crippen LogP contribution in [0, 0.1) is 0 Å². The van der Waals surface area contributed by atoms with Crippen LogP contribution in [0.5, 0.6) is 0 Å². The Hall–Kier alpha value is -1.62. The minimum atomic E-state index is -0.448. The van der Waals surface area contributed by atoms with Crippen molar-refractivity contribution in [3.05, 3.63) is 40.6 Å². The van der Waals surface area contributed by atoms with Crippen molar-refractivity contribution >= 4 is 17.2 Å². The largest absolute Gasteiger partial charge is 0.357 e. The average molecular weight is 235 g/mol. The highest BCUT2D eigenvalue weighted by Crippen LogP contribution is 2.22. The third kappa shape index (κ3) is 2.14. The Morgan fingerprint density at radius 1 is 1.56 bits per heavy atom. The van der Waals surface area contributed by atoms with Crippen LogP contribution in [-0.2, 0) is 5.54 Å². The molecule has 0 aromatic carbocycles. The predicted octanol–water partition coefficient (Wildman–Crippen LogP) is 2.14. The second-order valence-corrected chi connectivity index (χ2v) is 4.89. The van der Waals surface area contributed by atoms with Gasteiger partial charge in [0, 0.05) is 17.8 Å². The van der Waals surface area contributed by atoms with Gasteiger partial charge in [0.1, 0.15) is 10.7 Å². The number of carbonyl (C=O) groups excluding carboxylic acids is 1. The Kier molecular flexibility index (Phi) is 2.78. The molecule has 0 radical (unpaired) electrons. The van der Waals surface area contributed by atoms with Crippen LogP contribution in [0.25, 0.3) is 0 Å². The lowest BCUT2D eigenvalue weighted by atomic mass is 10.1. The molecule has 2 heterocycles. The fourth-order valence-corrected chi connectivity index (χ4v) is 2.13. The van der Waals surface area contributed by atoms with Gasteiger partial charge in [-0.05, 0) is 26.0 Å². The summed E-state index contributed by atoms with van der Waals surface area (Å²) in [5.41, 5.74) is 0.112. The number of hydrogen-bond acceptors (Lipinski definition) is 3. The van der Waals surface area contributed by atoms with Crippen molar-refractivity contribution < 1.29 is 4.79 Å². The Morgan fingerprint density at radius 3 is 2.94 bits per heavy atom. The summed E-state index contributed by atoms with van der Waals surface area (Å²) in [6.07, 6.45) is 3.47. The number of nitrogens with zero attached hydrogens (tertiary/aromatic N) is 1. The number of amides is 1. The second-order valence-electron chi connectivity index (χ2n) is 4.00. The molecule has 1 amide bonds. The summed E-state index contributed by atoms with van der Waals surface area (Å²) >= 11 is 1.53. The summed E-state index contributed by atoms with van der Waals surface area (Å²) in [5, 5.41) is 5.74. The molecule has 0 spiro atoms. The fourth-order valence-electron chi connectivity index (χ4n) is 1.41. The third-order valence-corrected chi connectivity index (χ3v) is 3.33. The molecule has 0 aliphatic carbocycles. The summed E-state index contributed by atoms with van der Waals surface area (Å²) in [6.45, 7) is 3.87. The Labute approximate surface area is 97.7 Å². The maximum absolute atomic E-state index is 11.9. The van der Waals surface area contributed by atoms with Gasteiger partial charge in [-0.3, -0.25) is 4.79 Å². The Bertz CT molecular complexity index is 459. The number of thiazole rings is 1. The van der Waals surface area contributed by atoms with Crippen molar-refractivity contribution in [3.8, 4) is 0 Å². The van der Waals surface area contributed by atoms with E-state index >= 15 is 0 Å². The highest BCUT2D eigenvalue weighted by molar-refractivity contribution is 7.09. The summed E-state index contributed by atoms with van der Waals surface area (Å²) in [5.74, 6) is -0.120. The van der Waals surface area contributed by atoms with Crippen molar-refractivity contribution in [2.24, 2.45) is 0 Å². The van der Waals surface area contributed by atoms with Gasteiger partial charge in [-0.15, -0.1) is 11.3 Å². The van der Waals surface area contributed by atoms with Gasteiger partial charge in [0.15, 0.2) is 0 Å². The van der Waals surface area contributed by atoms with Gasteiger partial charge in [-0.25, -0.2) is 4.98 Å². The number of rotatable bonds is 3. The van der Waals surface area contributed by atoms with Crippen LogP contribution in [0.1, 0.15) is 29.3 Å². The van der Waals surface area contributed by atoms with Crippen molar-refractivity contribution in [2.45, 2.75) is 19.4 Å². The molecule has 16 heavy (non-hydrogen) atoms. The van der Waals surface area contributed by atoms with E-state index in [1.54, 1.807) is 24.5 Å². The van der Waals surface area contributed by atoms with Gasteiger partial charge in [0.25, 0.3) is 5.91 Å². The normalized spacial score (nSPS) is 11.4. The van der Waals surface area contributed by atoms with E-state index in [4.69, 9.17) is 0 Å². The molecule has 0 aliphatic heterocycles. The van der Waals surface area contributed by atoms with Crippen LogP contribution in [0.15, 0.2) is 29.9 Å². The minimum Gasteiger partial charge on any atom is -0.357 e. The van der Waals surface area contributed by atoms with Gasteiger partial charge in [0.2, 0.25) is 0 Å². The third-order valence-electron chi connectivity index (χ3n) is 2.24. The van der Waals surface area contributed by atoms with Crippen molar-refractivity contribution in [1.82, 2.24) is 15.3 Å². The predicted molar refractivity (Wildman–Crippen MR) is 63.4 cm³/mol. The molecular formula is C11H13N3OS. The molecule has 0 saturated heterocycles. The van der Waals surface area contributed by atoms with Gasteiger partial charge >= 0.3 is 0 Å². The molecule has 2 rings (SSSR count). The summed E-state index contributed by atoms with van der Waals surface area (Å²) in [4.78, 5) is 18.9. The number of aromatic nitrogens is 2. The molecule has 0 saturated carbocycles. The number of nitrogens with one attached hydrogen (secondary N) is 2. The highest BCUT2D eigenvalue weighted by Gasteiger charge is 2.26. The Morgan fingerprint density at radius 2 is 2.38 bits per heavy atom. The molecular weight excluding hydrogens is 222 g/mol. The van der Waals surface area contributed by atoms with Gasteiger partial charge < -0.3 is 10.3 Å². The maximum atomic E-state index is 11.9. The van der Waals surface area contributed by atoms with E-state index in [9.17, 15) is 4.79 Å². The topological polar surface area (TPSA) is 57.8 Å². The van der Waals surface area contributed by atoms with Crippen LogP contribution in [0.4, 0.5) is 0 Å². The zero-order chi connectivity index (χ0) is 11.6. The van der Waals surface area contributed by atoms with E-state index in [0.717, 1.165) is 5.01 Å². The van der Waals surface area contributed by atoms with E-state index < -0.39 is 5.54 Å². The lowest BCUT2D eigenvalue weighted by Gasteiger charge is -2.23. The van der Waals surface area contributed by atoms with Crippen LogP contribution >= 0.6 is 11.3 Å². The van der Waals surface area contributed by atoms with E-state index in [2.05, 4.69) is 15.3 Å². The molecule has 0 atom stereocenters. The standard InChI is InChI=1S/C11H13N3OS/c1-11(2,10-13-6-7-16-10)14-9(15)8-4-3-5-12-8/h3-7,12H,1-2H3,(H,14,15). The first-order valence-electron chi connectivity index (χ1n) is 4.95. The van der Waals surface area contributed by atoms with Crippen LogP contribution in [0.3, 0.4) is 0 Å². The SMILES string of the molecule is CC(C)(NC(=O)c1ccc[nH]1)c1nccs1. The molecule has 2 aromatic heterocycles. The quantitative estimate of drug-likeness (QED) is 0.856. The number of carbonyl (C=O) groups is 1. The van der Waals surface area contributed by atoms with E-state index in [1.165, 1.54) is 11.3 Å². The molecule has 4 nitrogen and oxygen atoms in total. The highest BCUT2D eigenvalue weighted by atomic mass is 32.1. The molecule has 2 N–H and O–H groups in total. The van der Waals surface area contributed by atoms with Crippen LogP contribution in [0.2, 0.25) is 0 Å². The number of H-pyrrole nitrogens is 1. The monoisotopic (exact) mass is 235 g/mol. The Balaban J connectivity index is 2.13. The van der Waals surface area contributed by atoms with Gasteiger partial charge in [-0.2, -0.15) is 0 Å². The number of hydrogen-bond donors (Lipinski definition) is 2. The molecule has 0 aliphatic rings. The van der Waals surface area contributed by atoms with E-state index in [-0.39, 0.29) is 5.91 Å². The summed E-state index contributed by atoms with van der Waals surface area (Å²) < 4.78 is 0. The smallest absolute Gasteiger partial charge is 0.268 e. The van der Waals surface area contributed by atoms with E-state index in [0.29, 0.717) is 5.69 Å². The average Bonchev–Trinajstić information content (AvgIpc) is 2.91. The molecule has 2 aromatic rings. The van der Waals surface area contributed by atoms with E-state index in [1.807, 2.05) is 19.2 Å². The zero-order valence-corrected chi connectivity index (χ0v) is 9.97. The van der Waals surface area contributed by atoms with Crippen LogP contribution < -0.4 is 5.32 Å². The van der Waals surface area contributed by atoms with Gasteiger partial charge in [0.05, 0.1) is 5.54 Å². The lowest BCUT2D eigenvalue weighted by Crippen LogP contribution is -2.41. The molecule has 0 bridgehead atoms. The maximum Gasteiger partial charge on any atom is 0.268 e. The lowest BCUT2D eigenvalue weighted by molar-refractivity contribution is 0.0907. The van der Waals surface area contributed by atoms with Crippen LogP contribution in [-0.4, -0.2) is 15.9 Å². The first-order valence-corrected chi connectivity index (χ1v) is 5.83. The van der Waals surface area contributed by atoms with Crippen molar-refractivity contribution in [1.29, 1.82) is 0 Å². The molecule has 0 fully saturated rings. The second kappa shape index (κ2) is 4.09. The fraction of sp³-hybridized carbons (Fsp3) is 0.273. The number of aromatic amines is 1. The first-order chi connectivity index (χ1) is 7.59. The van der Waals surface area contributed by atoms with Gasteiger partial charge in [-0.1, -0.05) is 0 Å². The summed E-state index contributed by atoms with van der Waals surface area (Å²) in [6, 6.07) is 3.54. The molecule has 5 heteroatoms. The molecule has 0 unspecified atom stereocenters. The zero-order valence-electron chi connectivity index (χ0n) is 9.15. The van der Waals surface area contributed by atoms with Crippen molar-refractivity contribution in [2.75, 3.05) is 0 Å². The molecule has 84 valence electrons. The summed E-state index contributed by atoms with van der Waals surface area (Å²) in [7, 11) is 0. The minimum absolute atomic E-state index is 0.120. The van der Waals surface area contributed by atoms with Crippen molar-refractivity contribution in [3.63, 3.8) is 0 Å². The first kappa shape index (κ1) is 10.9.